The lowest BCUT2D eigenvalue weighted by atomic mass is 10.1. The van der Waals surface area contributed by atoms with Gasteiger partial charge in [-0.25, -0.2) is 4.79 Å². The van der Waals surface area contributed by atoms with Crippen molar-refractivity contribution in [3.05, 3.63) is 24.3 Å². The quantitative estimate of drug-likeness (QED) is 0.624. The van der Waals surface area contributed by atoms with Crippen LogP contribution in [0.1, 0.15) is 51.9 Å². The zero-order valence-corrected chi connectivity index (χ0v) is 15.5. The summed E-state index contributed by atoms with van der Waals surface area (Å²) in [4.78, 5) is 14.4. The maximum atomic E-state index is 12.0. The first-order valence-corrected chi connectivity index (χ1v) is 9.67. The predicted molar refractivity (Wildman–Crippen MR) is 101 cm³/mol. The predicted octanol–water partition coefficient (Wildman–Crippen LogP) is 4.68. The number of nitrogens with zero attached hydrogens (tertiary/aromatic N) is 1. The zero-order valence-electron chi connectivity index (χ0n) is 15.5. The van der Waals surface area contributed by atoms with Gasteiger partial charge in [-0.05, 0) is 44.5 Å². The van der Waals surface area contributed by atoms with Crippen LogP contribution in [0.5, 0.6) is 5.75 Å². The van der Waals surface area contributed by atoms with Crippen molar-refractivity contribution in [1.82, 2.24) is 4.90 Å². The molecule has 0 radical (unpaired) electrons. The average Bonchev–Trinajstić information content (AvgIpc) is 2.64. The van der Waals surface area contributed by atoms with Crippen molar-refractivity contribution in [2.75, 3.05) is 38.2 Å². The fourth-order valence-corrected chi connectivity index (χ4v) is 3.00. The number of hydrogen-bond acceptors (Lipinski definition) is 4. The molecule has 25 heavy (non-hydrogen) atoms. The molecule has 5 nitrogen and oxygen atoms in total. The van der Waals surface area contributed by atoms with Crippen LogP contribution < -0.4 is 10.1 Å². The Morgan fingerprint density at radius 2 is 1.88 bits per heavy atom. The fourth-order valence-electron chi connectivity index (χ4n) is 3.00. The number of likely N-dealkylation sites (tertiary alicyclic amines) is 1. The summed E-state index contributed by atoms with van der Waals surface area (Å²) in [5, 5.41) is 2.80. The monoisotopic (exact) mass is 348 g/mol. The molecule has 1 saturated heterocycles. The van der Waals surface area contributed by atoms with Crippen molar-refractivity contribution in [3.8, 4) is 5.75 Å². The van der Waals surface area contributed by atoms with E-state index in [-0.39, 0.29) is 0 Å². The first-order chi connectivity index (χ1) is 12.3. The molecule has 2 rings (SSSR count). The summed E-state index contributed by atoms with van der Waals surface area (Å²) in [5.74, 6) is 0.701. The number of nitrogens with one attached hydrogen (secondary N) is 1. The van der Waals surface area contributed by atoms with Crippen molar-refractivity contribution < 1.29 is 14.3 Å². The van der Waals surface area contributed by atoms with Crippen molar-refractivity contribution in [1.29, 1.82) is 0 Å². The summed E-state index contributed by atoms with van der Waals surface area (Å²) < 4.78 is 11.1. The third kappa shape index (κ3) is 7.78. The van der Waals surface area contributed by atoms with Crippen LogP contribution in [-0.4, -0.2) is 43.8 Å². The summed E-state index contributed by atoms with van der Waals surface area (Å²) in [6, 6.07) is 7.51. The lowest BCUT2D eigenvalue weighted by Crippen LogP contribution is -2.33. The number of carbonyl (C=O) groups excluding carboxylic acids is 1. The minimum atomic E-state index is -0.418. The Balaban J connectivity index is 1.70. The average molecular weight is 348 g/mol. The van der Waals surface area contributed by atoms with Crippen molar-refractivity contribution in [2.45, 2.75) is 51.9 Å². The summed E-state index contributed by atoms with van der Waals surface area (Å²) in [7, 11) is 0. The molecule has 0 bridgehead atoms. The second-order valence-electron chi connectivity index (χ2n) is 6.57. The molecule has 1 aliphatic heterocycles. The number of ether oxygens (including phenoxy) is 2. The molecular formula is C20H32N2O3. The molecule has 1 aromatic carbocycles. The molecule has 0 aliphatic carbocycles. The molecular weight excluding hydrogens is 316 g/mol. The maximum absolute atomic E-state index is 12.0. The first-order valence-electron chi connectivity index (χ1n) is 9.67. The number of unbranched alkanes of at least 4 members (excludes halogenated alkanes) is 3. The van der Waals surface area contributed by atoms with Gasteiger partial charge in [-0.3, -0.25) is 10.2 Å². The smallest absolute Gasteiger partial charge is 0.411 e. The van der Waals surface area contributed by atoms with Crippen molar-refractivity contribution >= 4 is 11.8 Å². The Morgan fingerprint density at radius 3 is 2.68 bits per heavy atom. The molecule has 0 spiro atoms. The van der Waals surface area contributed by atoms with Gasteiger partial charge < -0.3 is 9.47 Å². The topological polar surface area (TPSA) is 50.8 Å². The van der Waals surface area contributed by atoms with Gasteiger partial charge in [-0.15, -0.1) is 0 Å². The summed E-state index contributed by atoms with van der Waals surface area (Å²) in [5.41, 5.74) is 0.668. The number of benzene rings is 1. The molecule has 0 unspecified atom stereocenters. The van der Waals surface area contributed by atoms with Gasteiger partial charge in [0, 0.05) is 6.54 Å². The Bertz CT molecular complexity index is 501. The van der Waals surface area contributed by atoms with Gasteiger partial charge >= 0.3 is 6.09 Å². The minimum Gasteiger partial charge on any atom is -0.491 e. The lowest BCUT2D eigenvalue weighted by molar-refractivity contribution is 0.131. The molecule has 1 N–H and O–H groups in total. The number of carbonyl (C=O) groups is 1. The number of amides is 1. The molecule has 1 heterocycles. The van der Waals surface area contributed by atoms with Crippen LogP contribution in [0.25, 0.3) is 0 Å². The first kappa shape index (κ1) is 19.6. The van der Waals surface area contributed by atoms with Gasteiger partial charge in [0.15, 0.2) is 0 Å². The fraction of sp³-hybridized carbons (Fsp3) is 0.650. The van der Waals surface area contributed by atoms with E-state index in [1.54, 1.807) is 0 Å². The Morgan fingerprint density at radius 1 is 1.08 bits per heavy atom. The highest BCUT2D eigenvalue weighted by atomic mass is 16.5. The van der Waals surface area contributed by atoms with E-state index >= 15 is 0 Å². The number of piperidine rings is 1. The summed E-state index contributed by atoms with van der Waals surface area (Å²) in [6.07, 6.45) is 8.03. The van der Waals surface area contributed by atoms with Crippen LogP contribution in [-0.2, 0) is 4.74 Å². The van der Waals surface area contributed by atoms with Crippen LogP contribution in [0.15, 0.2) is 24.3 Å². The molecule has 1 amide bonds. The van der Waals surface area contributed by atoms with Crippen LogP contribution in [0.4, 0.5) is 10.5 Å². The number of rotatable bonds is 10. The summed E-state index contributed by atoms with van der Waals surface area (Å²) >= 11 is 0. The second kappa shape index (κ2) is 11.7. The van der Waals surface area contributed by atoms with Gasteiger partial charge in [0.1, 0.15) is 12.4 Å². The van der Waals surface area contributed by atoms with E-state index in [2.05, 4.69) is 17.1 Å². The van der Waals surface area contributed by atoms with Gasteiger partial charge in [0.2, 0.25) is 0 Å². The number of anilines is 1. The lowest BCUT2D eigenvalue weighted by Gasteiger charge is -2.25. The third-order valence-electron chi connectivity index (χ3n) is 4.47. The Labute approximate surface area is 151 Å². The Kier molecular flexibility index (Phi) is 9.19. The standard InChI is InChI=1S/C20H32N2O3/c1-2-3-4-10-16-24-19-12-7-6-11-18(19)21-20(23)25-17-15-22-13-8-5-9-14-22/h6-7,11-12H,2-5,8-10,13-17H2,1H3,(H,21,23). The SMILES string of the molecule is CCCCCCOc1ccccc1NC(=O)OCCN1CCCCC1. The normalized spacial score (nSPS) is 14.9. The van der Waals surface area contributed by atoms with E-state index in [0.29, 0.717) is 24.7 Å². The third-order valence-corrected chi connectivity index (χ3v) is 4.47. The largest absolute Gasteiger partial charge is 0.491 e. The van der Waals surface area contributed by atoms with Gasteiger partial charge in [-0.1, -0.05) is 44.7 Å². The summed E-state index contributed by atoms with van der Waals surface area (Å²) in [6.45, 7) is 6.31. The number of para-hydroxylation sites is 2. The van der Waals surface area contributed by atoms with Crippen LogP contribution in [0, 0.1) is 0 Å². The van der Waals surface area contributed by atoms with E-state index in [1.807, 2.05) is 24.3 Å². The van der Waals surface area contributed by atoms with E-state index in [0.717, 1.165) is 26.1 Å². The molecule has 140 valence electrons. The van der Waals surface area contributed by atoms with Gasteiger partial charge in [-0.2, -0.15) is 0 Å². The second-order valence-corrected chi connectivity index (χ2v) is 6.57. The molecule has 5 heteroatoms. The Hall–Kier alpha value is -1.75. The van der Waals surface area contributed by atoms with Crippen LogP contribution in [0.3, 0.4) is 0 Å². The van der Waals surface area contributed by atoms with Crippen LogP contribution >= 0.6 is 0 Å². The van der Waals surface area contributed by atoms with Crippen molar-refractivity contribution in [2.24, 2.45) is 0 Å². The molecule has 0 saturated carbocycles. The molecule has 1 aliphatic rings. The molecule has 1 aromatic rings. The van der Waals surface area contributed by atoms with E-state index in [4.69, 9.17) is 9.47 Å². The highest BCUT2D eigenvalue weighted by molar-refractivity contribution is 5.86. The zero-order chi connectivity index (χ0) is 17.7. The van der Waals surface area contributed by atoms with Gasteiger partial charge in [0.25, 0.3) is 0 Å². The van der Waals surface area contributed by atoms with Gasteiger partial charge in [0.05, 0.1) is 12.3 Å². The van der Waals surface area contributed by atoms with Crippen LogP contribution in [0.2, 0.25) is 0 Å². The maximum Gasteiger partial charge on any atom is 0.411 e. The number of hydrogen-bond donors (Lipinski definition) is 1. The van der Waals surface area contributed by atoms with E-state index < -0.39 is 6.09 Å². The van der Waals surface area contributed by atoms with E-state index in [1.165, 1.54) is 38.5 Å². The molecule has 0 atom stereocenters. The highest BCUT2D eigenvalue weighted by Crippen LogP contribution is 2.24. The van der Waals surface area contributed by atoms with Crippen molar-refractivity contribution in [3.63, 3.8) is 0 Å². The molecule has 1 fully saturated rings. The highest BCUT2D eigenvalue weighted by Gasteiger charge is 2.12. The molecule has 0 aromatic heterocycles. The van der Waals surface area contributed by atoms with E-state index in [9.17, 15) is 4.79 Å². The minimum absolute atomic E-state index is 0.418.